The second kappa shape index (κ2) is 9.17. The Morgan fingerprint density at radius 1 is 1.16 bits per heavy atom. The van der Waals surface area contributed by atoms with Gasteiger partial charge in [0.15, 0.2) is 5.82 Å². The van der Waals surface area contributed by atoms with E-state index < -0.39 is 11.8 Å². The van der Waals surface area contributed by atoms with Gasteiger partial charge in [-0.15, -0.1) is 0 Å². The number of nitrogens with one attached hydrogen (secondary N) is 1. The second-order valence-electron chi connectivity index (χ2n) is 6.58. The molecule has 0 saturated carbocycles. The predicted octanol–water partition coefficient (Wildman–Crippen LogP) is 5.62. The van der Waals surface area contributed by atoms with Gasteiger partial charge in [-0.1, -0.05) is 41.4 Å². The molecule has 10 heteroatoms. The van der Waals surface area contributed by atoms with E-state index in [0.29, 0.717) is 27.7 Å². The smallest absolute Gasteiger partial charge is 0.328 e. The first-order valence-electron chi connectivity index (χ1n) is 9.20. The molecular weight excluding hydrogens is 456 g/mol. The van der Waals surface area contributed by atoms with E-state index in [4.69, 9.17) is 28.3 Å². The summed E-state index contributed by atoms with van der Waals surface area (Å²) in [5.74, 6) is -0.902. The number of aliphatic carboxylic acids is 1. The molecule has 0 saturated heterocycles. The molecule has 160 valence electrons. The van der Waals surface area contributed by atoms with E-state index in [1.165, 1.54) is 35.2 Å². The first-order chi connectivity index (χ1) is 15.4. The van der Waals surface area contributed by atoms with Gasteiger partial charge >= 0.3 is 5.97 Å². The number of carboxylic acids is 1. The van der Waals surface area contributed by atoms with E-state index in [0.717, 1.165) is 11.6 Å². The largest absolute Gasteiger partial charge is 0.478 e. The maximum Gasteiger partial charge on any atom is 0.328 e. The minimum Gasteiger partial charge on any atom is -0.478 e. The Morgan fingerprint density at radius 3 is 2.72 bits per heavy atom. The van der Waals surface area contributed by atoms with Gasteiger partial charge in [0.25, 0.3) is 0 Å². The molecule has 0 atom stereocenters. The van der Waals surface area contributed by atoms with Crippen molar-refractivity contribution in [2.45, 2.75) is 0 Å². The van der Waals surface area contributed by atoms with E-state index in [2.05, 4.69) is 20.4 Å². The molecular formula is C22H14Cl2FN5O2. The van der Waals surface area contributed by atoms with Crippen molar-refractivity contribution in [2.75, 3.05) is 5.32 Å². The number of rotatable bonds is 6. The van der Waals surface area contributed by atoms with E-state index in [-0.39, 0.29) is 11.0 Å². The molecule has 4 aromatic rings. The minimum atomic E-state index is -1.04. The number of halogens is 3. The number of hydrogen-bond donors (Lipinski definition) is 2. The zero-order valence-electron chi connectivity index (χ0n) is 16.2. The normalized spacial score (nSPS) is 11.1. The highest BCUT2D eigenvalue weighted by atomic mass is 35.5. The van der Waals surface area contributed by atoms with Crippen LogP contribution in [0.4, 0.5) is 16.0 Å². The minimum absolute atomic E-state index is 0.0306. The third kappa shape index (κ3) is 4.93. The van der Waals surface area contributed by atoms with Crippen LogP contribution >= 0.6 is 23.2 Å². The summed E-state index contributed by atoms with van der Waals surface area (Å²) in [4.78, 5) is 19.7. The van der Waals surface area contributed by atoms with E-state index in [1.807, 2.05) is 6.07 Å². The Balaban J connectivity index is 1.76. The third-order valence-electron chi connectivity index (χ3n) is 4.33. The van der Waals surface area contributed by atoms with Gasteiger partial charge in [-0.2, -0.15) is 10.1 Å². The van der Waals surface area contributed by atoms with Gasteiger partial charge in [0.05, 0.1) is 22.4 Å². The van der Waals surface area contributed by atoms with Crippen molar-refractivity contribution < 1.29 is 14.3 Å². The van der Waals surface area contributed by atoms with Gasteiger partial charge in [-0.3, -0.25) is 0 Å². The van der Waals surface area contributed by atoms with Crippen LogP contribution in [-0.4, -0.2) is 30.8 Å². The van der Waals surface area contributed by atoms with Crippen LogP contribution in [0.1, 0.15) is 5.56 Å². The number of nitrogens with zero attached hydrogens (tertiary/aromatic N) is 4. The van der Waals surface area contributed by atoms with Crippen molar-refractivity contribution in [3.05, 3.63) is 88.6 Å². The van der Waals surface area contributed by atoms with Crippen LogP contribution in [0.15, 0.2) is 67.1 Å². The molecule has 0 bridgehead atoms. The van der Waals surface area contributed by atoms with Crippen molar-refractivity contribution in [1.82, 2.24) is 19.7 Å². The van der Waals surface area contributed by atoms with Crippen LogP contribution < -0.4 is 5.32 Å². The van der Waals surface area contributed by atoms with Gasteiger partial charge in [-0.05, 0) is 41.5 Å². The lowest BCUT2D eigenvalue weighted by atomic mass is 10.0. The second-order valence-corrected chi connectivity index (χ2v) is 7.43. The fourth-order valence-corrected chi connectivity index (χ4v) is 3.23. The maximum atomic E-state index is 13.4. The number of benzene rings is 2. The molecule has 2 aromatic heterocycles. The van der Waals surface area contributed by atoms with Crippen LogP contribution in [0, 0.1) is 5.82 Å². The van der Waals surface area contributed by atoms with Crippen LogP contribution in [0.2, 0.25) is 10.0 Å². The van der Waals surface area contributed by atoms with Crippen LogP contribution in [-0.2, 0) is 4.79 Å². The van der Waals surface area contributed by atoms with Crippen LogP contribution in [0.25, 0.3) is 23.0 Å². The SMILES string of the molecule is O=C(O)C=Cc1cccc(-c2cnc(Nc3ccc(F)c(Cl)c3)nc2-n2cc(Cl)cn2)c1. The third-order valence-corrected chi connectivity index (χ3v) is 4.81. The Kier molecular flexibility index (Phi) is 6.16. The molecule has 0 radical (unpaired) electrons. The Labute approximate surface area is 191 Å². The highest BCUT2D eigenvalue weighted by Crippen LogP contribution is 2.28. The van der Waals surface area contributed by atoms with Crippen molar-refractivity contribution >= 4 is 46.9 Å². The highest BCUT2D eigenvalue weighted by molar-refractivity contribution is 6.31. The molecule has 0 aliphatic rings. The average Bonchev–Trinajstić information content (AvgIpc) is 3.21. The van der Waals surface area contributed by atoms with Crippen LogP contribution in [0.3, 0.4) is 0 Å². The summed E-state index contributed by atoms with van der Waals surface area (Å²) in [6.45, 7) is 0. The van der Waals surface area contributed by atoms with E-state index in [1.54, 1.807) is 30.6 Å². The molecule has 0 amide bonds. The van der Waals surface area contributed by atoms with Crippen molar-refractivity contribution in [3.8, 4) is 16.9 Å². The molecule has 0 fully saturated rings. The standard InChI is InChI=1S/C22H14Cl2FN5O2/c23-15-10-27-30(12-15)21-17(14-3-1-2-13(8-14)4-7-20(31)32)11-26-22(29-21)28-16-5-6-19(25)18(24)9-16/h1-12H,(H,31,32)(H,26,28,29). The molecule has 0 aliphatic heterocycles. The van der Waals surface area contributed by atoms with Gasteiger partial charge in [0.2, 0.25) is 5.95 Å². The zero-order valence-corrected chi connectivity index (χ0v) is 17.7. The number of hydrogen-bond acceptors (Lipinski definition) is 5. The summed E-state index contributed by atoms with van der Waals surface area (Å²) in [6.07, 6.45) is 7.23. The Morgan fingerprint density at radius 2 is 2.00 bits per heavy atom. The lowest BCUT2D eigenvalue weighted by Gasteiger charge is -2.12. The zero-order chi connectivity index (χ0) is 22.7. The van der Waals surface area contributed by atoms with E-state index in [9.17, 15) is 9.18 Å². The fourth-order valence-electron chi connectivity index (χ4n) is 2.91. The average molecular weight is 470 g/mol. The lowest BCUT2D eigenvalue weighted by Crippen LogP contribution is -2.06. The molecule has 0 spiro atoms. The van der Waals surface area contributed by atoms with Gasteiger partial charge in [0, 0.05) is 23.5 Å². The number of aromatic nitrogens is 4. The molecule has 2 N–H and O–H groups in total. The number of carboxylic acid groups (broad SMARTS) is 1. The molecule has 0 aliphatic carbocycles. The van der Waals surface area contributed by atoms with E-state index >= 15 is 0 Å². The lowest BCUT2D eigenvalue weighted by molar-refractivity contribution is -0.131. The molecule has 2 aromatic carbocycles. The highest BCUT2D eigenvalue weighted by Gasteiger charge is 2.14. The predicted molar refractivity (Wildman–Crippen MR) is 121 cm³/mol. The summed E-state index contributed by atoms with van der Waals surface area (Å²) < 4.78 is 14.9. The van der Waals surface area contributed by atoms with Crippen molar-refractivity contribution in [1.29, 1.82) is 0 Å². The van der Waals surface area contributed by atoms with Crippen molar-refractivity contribution in [3.63, 3.8) is 0 Å². The van der Waals surface area contributed by atoms with Gasteiger partial charge < -0.3 is 10.4 Å². The molecule has 0 unspecified atom stereocenters. The van der Waals surface area contributed by atoms with Gasteiger partial charge in [0.1, 0.15) is 5.82 Å². The monoisotopic (exact) mass is 469 g/mol. The molecule has 4 rings (SSSR count). The van der Waals surface area contributed by atoms with Crippen LogP contribution in [0.5, 0.6) is 0 Å². The molecule has 7 nitrogen and oxygen atoms in total. The van der Waals surface area contributed by atoms with Gasteiger partial charge in [-0.25, -0.2) is 18.9 Å². The summed E-state index contributed by atoms with van der Waals surface area (Å²) in [7, 11) is 0. The molecule has 32 heavy (non-hydrogen) atoms. The molecule has 2 heterocycles. The van der Waals surface area contributed by atoms with Crippen molar-refractivity contribution in [2.24, 2.45) is 0 Å². The Hall–Kier alpha value is -3.75. The first-order valence-corrected chi connectivity index (χ1v) is 9.96. The Bertz CT molecular complexity index is 1340. The number of carbonyl (C=O) groups is 1. The summed E-state index contributed by atoms with van der Waals surface area (Å²) in [5.41, 5.74) is 2.58. The quantitative estimate of drug-likeness (QED) is 0.356. The maximum absolute atomic E-state index is 13.4. The summed E-state index contributed by atoms with van der Waals surface area (Å²) in [6, 6.07) is 11.4. The summed E-state index contributed by atoms with van der Waals surface area (Å²) >= 11 is 11.9. The summed E-state index contributed by atoms with van der Waals surface area (Å²) in [5, 5.41) is 16.5. The number of anilines is 2. The first kappa shape index (κ1) is 21.5. The fraction of sp³-hybridized carbons (Fsp3) is 0. The topological polar surface area (TPSA) is 92.9 Å².